The van der Waals surface area contributed by atoms with Gasteiger partial charge >= 0.3 is 5.69 Å². The highest BCUT2D eigenvalue weighted by Gasteiger charge is 2.25. The van der Waals surface area contributed by atoms with Gasteiger partial charge in [-0.2, -0.15) is 0 Å². The molecule has 4 rings (SSSR count). The molecule has 8 nitrogen and oxygen atoms in total. The van der Waals surface area contributed by atoms with Crippen LogP contribution in [0.3, 0.4) is 0 Å². The van der Waals surface area contributed by atoms with Gasteiger partial charge in [-0.15, -0.1) is 0 Å². The van der Waals surface area contributed by atoms with Crippen molar-refractivity contribution in [3.05, 3.63) is 63.2 Å². The van der Waals surface area contributed by atoms with Crippen LogP contribution in [-0.4, -0.2) is 60.5 Å². The number of nitro benzene ring substituents is 1. The van der Waals surface area contributed by atoms with Crippen LogP contribution in [0.4, 0.5) is 5.69 Å². The summed E-state index contributed by atoms with van der Waals surface area (Å²) in [6.45, 7) is 4.29. The molecule has 0 bridgehead atoms. The zero-order chi connectivity index (χ0) is 20.4. The van der Waals surface area contributed by atoms with Gasteiger partial charge in [0.15, 0.2) is 5.75 Å². The normalized spacial score (nSPS) is 16.2. The van der Waals surface area contributed by atoms with E-state index < -0.39 is 4.92 Å². The first-order chi connectivity index (χ1) is 14.0. The third-order valence-corrected chi connectivity index (χ3v) is 5.44. The second kappa shape index (κ2) is 8.08. The van der Waals surface area contributed by atoms with Crippen LogP contribution in [0.2, 0.25) is 0 Å². The van der Waals surface area contributed by atoms with Gasteiger partial charge in [0.05, 0.1) is 18.6 Å². The van der Waals surface area contributed by atoms with E-state index in [1.807, 2.05) is 6.07 Å². The first-order valence-corrected chi connectivity index (χ1v) is 9.64. The molecule has 0 radical (unpaired) electrons. The monoisotopic (exact) mass is 397 g/mol. The number of nitrogens with zero attached hydrogens (tertiary/aromatic N) is 3. The van der Waals surface area contributed by atoms with Crippen LogP contribution < -0.4 is 9.47 Å². The minimum atomic E-state index is -0.533. The van der Waals surface area contributed by atoms with Crippen molar-refractivity contribution in [2.75, 3.05) is 39.9 Å². The summed E-state index contributed by atoms with van der Waals surface area (Å²) in [7, 11) is 1.37. The topological polar surface area (TPSA) is 85.2 Å². The first-order valence-electron chi connectivity index (χ1n) is 9.64. The van der Waals surface area contributed by atoms with Crippen molar-refractivity contribution in [2.45, 2.75) is 13.0 Å². The highest BCUT2D eigenvalue weighted by Crippen LogP contribution is 2.29. The van der Waals surface area contributed by atoms with Crippen molar-refractivity contribution in [1.29, 1.82) is 0 Å². The Kier molecular flexibility index (Phi) is 5.35. The molecule has 1 fully saturated rings. The Morgan fingerprint density at radius 3 is 2.69 bits per heavy atom. The number of piperazine rings is 1. The van der Waals surface area contributed by atoms with Crippen LogP contribution in [0.5, 0.6) is 11.5 Å². The Labute approximate surface area is 168 Å². The Morgan fingerprint density at radius 2 is 1.97 bits per heavy atom. The predicted octanol–water partition coefficient (Wildman–Crippen LogP) is 2.50. The Balaban J connectivity index is 1.37. The molecule has 29 heavy (non-hydrogen) atoms. The van der Waals surface area contributed by atoms with E-state index >= 15 is 0 Å². The number of methoxy groups -OCH3 is 1. The smallest absolute Gasteiger partial charge is 0.311 e. The van der Waals surface area contributed by atoms with Gasteiger partial charge in [0.2, 0.25) is 0 Å². The summed E-state index contributed by atoms with van der Waals surface area (Å²) >= 11 is 0. The zero-order valence-electron chi connectivity index (χ0n) is 16.3. The summed E-state index contributed by atoms with van der Waals surface area (Å²) in [6.07, 6.45) is 0.958. The summed E-state index contributed by atoms with van der Waals surface area (Å²) < 4.78 is 10.6. The molecule has 2 aliphatic rings. The average molecular weight is 397 g/mol. The largest absolute Gasteiger partial charge is 0.493 e. The lowest BCUT2D eigenvalue weighted by Crippen LogP contribution is -2.48. The molecule has 1 amide bonds. The molecule has 0 aliphatic carbocycles. The summed E-state index contributed by atoms with van der Waals surface area (Å²) in [5, 5.41) is 11.2. The fourth-order valence-corrected chi connectivity index (χ4v) is 3.85. The Hall–Kier alpha value is -3.13. The number of hydrogen-bond donors (Lipinski definition) is 0. The molecule has 0 N–H and O–H groups in total. The number of carbonyl (C=O) groups is 1. The molecule has 0 aromatic heterocycles. The van der Waals surface area contributed by atoms with Crippen LogP contribution in [0, 0.1) is 10.1 Å². The van der Waals surface area contributed by atoms with Crippen LogP contribution in [0.1, 0.15) is 21.5 Å². The maximum atomic E-state index is 12.8. The summed E-state index contributed by atoms with van der Waals surface area (Å²) in [4.78, 5) is 27.5. The van der Waals surface area contributed by atoms with Crippen LogP contribution in [0.15, 0.2) is 36.4 Å². The molecule has 2 aliphatic heterocycles. The minimum Gasteiger partial charge on any atom is -0.493 e. The molecule has 2 heterocycles. The van der Waals surface area contributed by atoms with E-state index in [-0.39, 0.29) is 17.3 Å². The standard InChI is InChI=1S/C21H23N3O5/c1-28-20-5-3-17(13-18(20)24(26)27)21(25)23-9-7-22(8-10-23)14-15-2-4-19-16(12-15)6-11-29-19/h2-5,12-13H,6-11,14H2,1H3. The van der Waals surface area contributed by atoms with Crippen molar-refractivity contribution < 1.29 is 19.2 Å². The van der Waals surface area contributed by atoms with Gasteiger partial charge in [-0.25, -0.2) is 0 Å². The Morgan fingerprint density at radius 1 is 1.17 bits per heavy atom. The summed E-state index contributed by atoms with van der Waals surface area (Å²) in [5.74, 6) is 0.943. The SMILES string of the molecule is COc1ccc(C(=O)N2CCN(Cc3ccc4c(c3)CCO4)CC2)cc1[N+](=O)[O-]. The molecule has 2 aromatic carbocycles. The summed E-state index contributed by atoms with van der Waals surface area (Å²) in [6, 6.07) is 10.7. The van der Waals surface area contributed by atoms with Crippen LogP contribution >= 0.6 is 0 Å². The predicted molar refractivity (Wildman–Crippen MR) is 106 cm³/mol. The van der Waals surface area contributed by atoms with Crippen molar-refractivity contribution >= 4 is 11.6 Å². The average Bonchev–Trinajstić information content (AvgIpc) is 3.21. The number of amides is 1. The maximum absolute atomic E-state index is 12.8. The lowest BCUT2D eigenvalue weighted by molar-refractivity contribution is -0.385. The first kappa shape index (κ1) is 19.2. The van der Waals surface area contributed by atoms with Gasteiger partial charge in [-0.05, 0) is 29.3 Å². The van der Waals surface area contributed by atoms with Crippen LogP contribution in [0.25, 0.3) is 0 Å². The molecule has 2 aromatic rings. The molecule has 0 saturated carbocycles. The number of rotatable bonds is 5. The van der Waals surface area contributed by atoms with E-state index in [1.54, 1.807) is 11.0 Å². The highest BCUT2D eigenvalue weighted by molar-refractivity contribution is 5.95. The quantitative estimate of drug-likeness (QED) is 0.569. The van der Waals surface area contributed by atoms with E-state index in [1.165, 1.54) is 30.4 Å². The van der Waals surface area contributed by atoms with Crippen molar-refractivity contribution in [3.8, 4) is 11.5 Å². The molecular formula is C21H23N3O5. The zero-order valence-corrected chi connectivity index (χ0v) is 16.3. The molecule has 0 spiro atoms. The van der Waals surface area contributed by atoms with Gasteiger partial charge in [0.25, 0.3) is 5.91 Å². The second-order valence-electron chi connectivity index (χ2n) is 7.25. The Bertz CT molecular complexity index is 938. The third-order valence-electron chi connectivity index (χ3n) is 5.44. The van der Waals surface area contributed by atoms with Gasteiger partial charge < -0.3 is 14.4 Å². The second-order valence-corrected chi connectivity index (χ2v) is 7.25. The summed E-state index contributed by atoms with van der Waals surface area (Å²) in [5.41, 5.74) is 2.62. The molecular weight excluding hydrogens is 374 g/mol. The van der Waals surface area contributed by atoms with Crippen molar-refractivity contribution in [3.63, 3.8) is 0 Å². The fraction of sp³-hybridized carbons (Fsp3) is 0.381. The van der Waals surface area contributed by atoms with E-state index in [0.717, 1.165) is 38.4 Å². The lowest BCUT2D eigenvalue weighted by atomic mass is 10.1. The molecule has 0 unspecified atom stereocenters. The van der Waals surface area contributed by atoms with Crippen LogP contribution in [-0.2, 0) is 13.0 Å². The minimum absolute atomic E-state index is 0.149. The van der Waals surface area contributed by atoms with Gasteiger partial charge in [0, 0.05) is 50.8 Å². The van der Waals surface area contributed by atoms with Gasteiger partial charge in [-0.3, -0.25) is 19.8 Å². The van der Waals surface area contributed by atoms with E-state index in [0.29, 0.717) is 18.7 Å². The fourth-order valence-electron chi connectivity index (χ4n) is 3.85. The number of ether oxygens (including phenoxy) is 2. The van der Waals surface area contributed by atoms with Crippen molar-refractivity contribution in [1.82, 2.24) is 9.80 Å². The van der Waals surface area contributed by atoms with Crippen molar-refractivity contribution in [2.24, 2.45) is 0 Å². The number of fused-ring (bicyclic) bond motifs is 1. The van der Waals surface area contributed by atoms with E-state index in [2.05, 4.69) is 17.0 Å². The van der Waals surface area contributed by atoms with E-state index in [4.69, 9.17) is 9.47 Å². The third kappa shape index (κ3) is 4.02. The number of hydrogen-bond acceptors (Lipinski definition) is 6. The van der Waals surface area contributed by atoms with E-state index in [9.17, 15) is 14.9 Å². The molecule has 152 valence electrons. The maximum Gasteiger partial charge on any atom is 0.311 e. The van der Waals surface area contributed by atoms with Gasteiger partial charge in [0.1, 0.15) is 5.75 Å². The number of benzene rings is 2. The highest BCUT2D eigenvalue weighted by atomic mass is 16.6. The molecule has 1 saturated heterocycles. The van der Waals surface area contributed by atoms with Gasteiger partial charge in [-0.1, -0.05) is 12.1 Å². The lowest BCUT2D eigenvalue weighted by Gasteiger charge is -2.34. The number of nitro groups is 1. The molecule has 8 heteroatoms. The molecule has 0 atom stereocenters. The number of carbonyl (C=O) groups excluding carboxylic acids is 1.